The number of aromatic nitrogens is 1. The lowest BCUT2D eigenvalue weighted by Gasteiger charge is -2.12. The first-order chi connectivity index (χ1) is 22.5. The van der Waals surface area contributed by atoms with Gasteiger partial charge in [0, 0.05) is 17.9 Å². The fraction of sp³-hybridized carbons (Fsp3) is 0.118. The van der Waals surface area contributed by atoms with E-state index in [4.69, 9.17) is 18.9 Å². The maximum absolute atomic E-state index is 13.8. The fourth-order valence-electron chi connectivity index (χ4n) is 4.79. The third-order valence-corrected chi connectivity index (χ3v) is 6.85. The van der Waals surface area contributed by atoms with E-state index in [1.54, 1.807) is 36.4 Å². The lowest BCUT2D eigenvalue weighted by atomic mass is 10.0. The standard InChI is InChI=1S/C34H26F3N3O7/c1-19(41)46-25-15-13-22(17-28(25)45-3)33(43)47-26-14-12-20(16-27(26)44-2)18-38-40-32(42)31-29(21-8-5-4-6-9-21)23-10-7-11-24(30(23)39-31)34(35,36)37/h4-18,39H,1-3H3,(H,40,42). The number of carbonyl (C=O) groups excluding carboxylic acids is 3. The van der Waals surface area contributed by atoms with Crippen molar-refractivity contribution in [1.82, 2.24) is 10.4 Å². The number of nitrogens with one attached hydrogen (secondary N) is 2. The van der Waals surface area contributed by atoms with Crippen LogP contribution in [0.15, 0.2) is 90.0 Å². The molecule has 0 bridgehead atoms. The van der Waals surface area contributed by atoms with E-state index in [-0.39, 0.29) is 45.2 Å². The summed E-state index contributed by atoms with van der Waals surface area (Å²) < 4.78 is 62.4. The van der Waals surface area contributed by atoms with Crippen molar-refractivity contribution in [2.75, 3.05) is 14.2 Å². The number of amides is 1. The van der Waals surface area contributed by atoms with Crippen molar-refractivity contribution in [2.45, 2.75) is 13.1 Å². The highest BCUT2D eigenvalue weighted by molar-refractivity contribution is 6.10. The average Bonchev–Trinajstić information content (AvgIpc) is 3.45. The second-order valence-corrected chi connectivity index (χ2v) is 9.93. The molecule has 13 heteroatoms. The van der Waals surface area contributed by atoms with Gasteiger partial charge in [-0.1, -0.05) is 42.5 Å². The molecule has 240 valence electrons. The van der Waals surface area contributed by atoms with Crippen LogP contribution in [-0.2, 0) is 11.0 Å². The molecule has 0 fully saturated rings. The third-order valence-electron chi connectivity index (χ3n) is 6.85. The number of H-pyrrole nitrogens is 1. The normalized spacial score (nSPS) is 11.4. The number of fused-ring (bicyclic) bond motifs is 1. The molecule has 1 aromatic heterocycles. The van der Waals surface area contributed by atoms with Crippen molar-refractivity contribution in [1.29, 1.82) is 0 Å². The van der Waals surface area contributed by atoms with Gasteiger partial charge in [-0.05, 0) is 53.6 Å². The number of hydrogen-bond donors (Lipinski definition) is 2. The molecule has 5 rings (SSSR count). The quantitative estimate of drug-likeness (QED) is 0.0783. The van der Waals surface area contributed by atoms with Crippen LogP contribution in [0.4, 0.5) is 13.2 Å². The summed E-state index contributed by atoms with van der Waals surface area (Å²) in [6, 6.07) is 21.0. The molecule has 0 spiro atoms. The van der Waals surface area contributed by atoms with Crippen LogP contribution in [0.2, 0.25) is 0 Å². The van der Waals surface area contributed by atoms with E-state index in [0.29, 0.717) is 16.7 Å². The number of halogens is 3. The molecular formula is C34H26F3N3O7. The number of alkyl halides is 3. The molecule has 0 aliphatic heterocycles. The van der Waals surface area contributed by atoms with E-state index in [1.807, 2.05) is 0 Å². The number of benzene rings is 4. The summed E-state index contributed by atoms with van der Waals surface area (Å²) in [4.78, 5) is 40.1. The van der Waals surface area contributed by atoms with Crippen LogP contribution in [0.1, 0.15) is 38.9 Å². The summed E-state index contributed by atoms with van der Waals surface area (Å²) in [6.07, 6.45) is -3.36. The first-order valence-electron chi connectivity index (χ1n) is 13.9. The van der Waals surface area contributed by atoms with E-state index < -0.39 is 29.6 Å². The topological polar surface area (TPSA) is 128 Å². The van der Waals surface area contributed by atoms with Crippen LogP contribution in [0.5, 0.6) is 23.0 Å². The first kappa shape index (κ1) is 32.3. The molecule has 10 nitrogen and oxygen atoms in total. The van der Waals surface area contributed by atoms with Gasteiger partial charge in [-0.3, -0.25) is 9.59 Å². The van der Waals surface area contributed by atoms with Crippen molar-refractivity contribution in [3.63, 3.8) is 0 Å². The minimum absolute atomic E-state index is 0.0766. The predicted molar refractivity (Wildman–Crippen MR) is 166 cm³/mol. The summed E-state index contributed by atoms with van der Waals surface area (Å²) in [7, 11) is 2.72. The van der Waals surface area contributed by atoms with Gasteiger partial charge in [0.05, 0.1) is 37.1 Å². The number of para-hydroxylation sites is 1. The summed E-state index contributed by atoms with van der Waals surface area (Å²) in [5, 5.41) is 4.21. The van der Waals surface area contributed by atoms with E-state index in [0.717, 1.165) is 6.07 Å². The molecule has 0 radical (unpaired) electrons. The molecule has 0 aliphatic rings. The van der Waals surface area contributed by atoms with Gasteiger partial charge in [-0.2, -0.15) is 18.3 Å². The van der Waals surface area contributed by atoms with Gasteiger partial charge in [0.1, 0.15) is 5.69 Å². The molecule has 0 unspecified atom stereocenters. The lowest BCUT2D eigenvalue weighted by molar-refractivity contribution is -0.136. The van der Waals surface area contributed by atoms with Gasteiger partial charge < -0.3 is 23.9 Å². The summed E-state index contributed by atoms with van der Waals surface area (Å²) >= 11 is 0. The number of rotatable bonds is 9. The maximum atomic E-state index is 13.8. The number of carbonyl (C=O) groups is 3. The highest BCUT2D eigenvalue weighted by Crippen LogP contribution is 2.40. The Morgan fingerprint density at radius 3 is 2.17 bits per heavy atom. The van der Waals surface area contributed by atoms with Crippen molar-refractivity contribution in [2.24, 2.45) is 5.10 Å². The molecule has 2 N–H and O–H groups in total. The molecule has 1 amide bonds. The zero-order chi connectivity index (χ0) is 33.7. The molecular weight excluding hydrogens is 619 g/mol. The number of methoxy groups -OCH3 is 2. The Bertz CT molecular complexity index is 2000. The molecule has 0 atom stereocenters. The number of esters is 2. The smallest absolute Gasteiger partial charge is 0.418 e. The Balaban J connectivity index is 1.36. The number of nitrogens with zero attached hydrogens (tertiary/aromatic N) is 1. The Morgan fingerprint density at radius 1 is 0.809 bits per heavy atom. The summed E-state index contributed by atoms with van der Waals surface area (Å²) in [5.41, 5.74) is 2.53. The number of aromatic amines is 1. The summed E-state index contributed by atoms with van der Waals surface area (Å²) in [6.45, 7) is 1.23. The molecule has 1 heterocycles. The average molecular weight is 646 g/mol. The Labute approximate surface area is 265 Å². The highest BCUT2D eigenvalue weighted by atomic mass is 19.4. The predicted octanol–water partition coefficient (Wildman–Crippen LogP) is 6.78. The van der Waals surface area contributed by atoms with Crippen LogP contribution < -0.4 is 24.4 Å². The van der Waals surface area contributed by atoms with Gasteiger partial charge >= 0.3 is 18.1 Å². The van der Waals surface area contributed by atoms with Crippen LogP contribution in [0.25, 0.3) is 22.0 Å². The molecule has 47 heavy (non-hydrogen) atoms. The van der Waals surface area contributed by atoms with E-state index in [9.17, 15) is 27.6 Å². The van der Waals surface area contributed by atoms with Gasteiger partial charge in [0.25, 0.3) is 5.91 Å². The van der Waals surface area contributed by atoms with Crippen LogP contribution >= 0.6 is 0 Å². The maximum Gasteiger partial charge on any atom is 0.418 e. The SMILES string of the molecule is COc1cc(C(=O)Oc2ccc(C=NNC(=O)c3[nH]c4c(C(F)(F)F)cccc4c3-c3ccccc3)cc2OC)ccc1OC(C)=O. The molecule has 5 aromatic rings. The zero-order valence-electron chi connectivity index (χ0n) is 25.1. The number of hydrogen-bond acceptors (Lipinski definition) is 8. The third kappa shape index (κ3) is 7.09. The Morgan fingerprint density at radius 2 is 1.49 bits per heavy atom. The first-order valence-corrected chi connectivity index (χ1v) is 13.9. The highest BCUT2D eigenvalue weighted by Gasteiger charge is 2.34. The van der Waals surface area contributed by atoms with Gasteiger partial charge in [-0.25, -0.2) is 10.2 Å². The largest absolute Gasteiger partial charge is 0.493 e. The van der Waals surface area contributed by atoms with Gasteiger partial charge in [0.2, 0.25) is 0 Å². The Kier molecular flexibility index (Phi) is 9.26. The molecule has 4 aromatic carbocycles. The van der Waals surface area contributed by atoms with Crippen molar-refractivity contribution < 1.29 is 46.5 Å². The minimum atomic E-state index is -4.65. The monoisotopic (exact) mass is 645 g/mol. The molecule has 0 aliphatic carbocycles. The van der Waals surface area contributed by atoms with Gasteiger partial charge in [0.15, 0.2) is 23.0 Å². The second kappa shape index (κ2) is 13.5. The van der Waals surface area contributed by atoms with E-state index in [1.165, 1.54) is 69.8 Å². The van der Waals surface area contributed by atoms with Gasteiger partial charge in [-0.15, -0.1) is 0 Å². The number of hydrazone groups is 1. The van der Waals surface area contributed by atoms with Crippen molar-refractivity contribution in [3.05, 3.63) is 107 Å². The molecule has 0 saturated carbocycles. The Hall–Kier alpha value is -6.11. The van der Waals surface area contributed by atoms with Crippen molar-refractivity contribution in [3.8, 4) is 34.1 Å². The minimum Gasteiger partial charge on any atom is -0.493 e. The molecule has 0 saturated heterocycles. The van der Waals surface area contributed by atoms with Crippen LogP contribution in [0, 0.1) is 0 Å². The van der Waals surface area contributed by atoms with Crippen LogP contribution in [0.3, 0.4) is 0 Å². The number of ether oxygens (including phenoxy) is 4. The van der Waals surface area contributed by atoms with E-state index in [2.05, 4.69) is 15.5 Å². The van der Waals surface area contributed by atoms with E-state index >= 15 is 0 Å². The van der Waals surface area contributed by atoms with Crippen LogP contribution in [-0.4, -0.2) is 43.3 Å². The summed E-state index contributed by atoms with van der Waals surface area (Å²) in [5.74, 6) is -1.54. The second-order valence-electron chi connectivity index (χ2n) is 9.93. The lowest BCUT2D eigenvalue weighted by Crippen LogP contribution is -2.19. The van der Waals surface area contributed by atoms with Crippen molar-refractivity contribution >= 4 is 35.0 Å². The fourth-order valence-corrected chi connectivity index (χ4v) is 4.79. The zero-order valence-corrected chi connectivity index (χ0v) is 25.1.